The molecule has 1 amide bonds. The van der Waals surface area contributed by atoms with Crippen LogP contribution >= 0.6 is 0 Å². The number of ether oxygens (including phenoxy) is 6. The van der Waals surface area contributed by atoms with E-state index in [2.05, 4.69) is 43.5 Å². The number of hydrogen-bond acceptors (Lipinski definition) is 18. The van der Waals surface area contributed by atoms with Gasteiger partial charge < -0.3 is 89.9 Å². The number of aliphatic hydroxyl groups is 11. The van der Waals surface area contributed by atoms with Crippen molar-refractivity contribution in [3.63, 3.8) is 0 Å². The van der Waals surface area contributed by atoms with E-state index in [9.17, 15) is 61.0 Å². The lowest BCUT2D eigenvalue weighted by atomic mass is 9.96. The zero-order valence-corrected chi connectivity index (χ0v) is 53.0. The molecule has 3 aliphatic rings. The summed E-state index contributed by atoms with van der Waals surface area (Å²) in [6.07, 6.45) is 29.6. The maximum atomic E-state index is 13.4. The van der Waals surface area contributed by atoms with Crippen LogP contribution in [-0.2, 0) is 33.2 Å². The minimum Gasteiger partial charge on any atom is -0.394 e. The van der Waals surface area contributed by atoms with Crippen LogP contribution in [0.25, 0.3) is 0 Å². The van der Waals surface area contributed by atoms with Gasteiger partial charge in [-0.15, -0.1) is 0 Å². The van der Waals surface area contributed by atoms with Crippen molar-refractivity contribution >= 4 is 5.91 Å². The highest BCUT2D eigenvalue weighted by Gasteiger charge is 2.53. The molecule has 3 aliphatic heterocycles. The number of carbonyl (C=O) groups excluding carboxylic acids is 1. The first-order valence-electron chi connectivity index (χ1n) is 34.2. The second kappa shape index (κ2) is 49.7. The van der Waals surface area contributed by atoms with Gasteiger partial charge >= 0.3 is 0 Å². The van der Waals surface area contributed by atoms with Crippen LogP contribution in [0.15, 0.2) is 36.5 Å². The summed E-state index contributed by atoms with van der Waals surface area (Å²) in [7, 11) is 0. The standard InChI is InChI=1S/C67H123NO18/c1-3-5-7-9-11-13-15-17-19-21-23-25-27-29-31-33-35-37-39-41-43-45-55(73)68-50(51(72)44-42-40-38-36-34-32-30-28-26-24-22-20-18-16-14-12-10-8-6-4-2)49-81-65-61(79)58(76)63(53(47-70)83-65)86-67-62(80)59(77)64(54(48-71)84-67)85-66-60(78)57(75)56(74)52(46-69)82-66/h15,17,21,23,42,44,50-54,56-67,69-72,74-80H,3-14,16,18-20,22,24-41,43,45-49H2,1-2H3,(H,68,73)/b17-15-,23-21-,44-42+. The van der Waals surface area contributed by atoms with E-state index in [1.54, 1.807) is 6.08 Å². The van der Waals surface area contributed by atoms with Crippen LogP contribution in [0.1, 0.15) is 251 Å². The largest absolute Gasteiger partial charge is 0.394 e. The van der Waals surface area contributed by atoms with E-state index in [4.69, 9.17) is 28.4 Å². The van der Waals surface area contributed by atoms with E-state index in [-0.39, 0.29) is 18.9 Å². The molecule has 0 saturated carbocycles. The maximum Gasteiger partial charge on any atom is 0.220 e. The van der Waals surface area contributed by atoms with Crippen LogP contribution in [0.2, 0.25) is 0 Å². The van der Waals surface area contributed by atoms with E-state index in [1.165, 1.54) is 161 Å². The Kier molecular flexibility index (Phi) is 45.2. The Labute approximate surface area is 517 Å². The number of amides is 1. The number of aliphatic hydroxyl groups excluding tert-OH is 11. The first-order chi connectivity index (χ1) is 41.8. The molecule has 86 heavy (non-hydrogen) atoms. The van der Waals surface area contributed by atoms with E-state index in [0.717, 1.165) is 64.2 Å². The SMILES string of the molecule is CCCCCCC/C=C\C/C=C\CCCCCCCCCCCC(=O)NC(COC1OC(CO)C(OC2OC(CO)C(OC3OC(CO)C(O)C(O)C3O)C(O)C2O)C(O)C1O)C(O)/C=C/CCCCCCCCCCCCCCCCCCCC. The highest BCUT2D eigenvalue weighted by Crippen LogP contribution is 2.33. The first-order valence-corrected chi connectivity index (χ1v) is 34.2. The summed E-state index contributed by atoms with van der Waals surface area (Å²) in [4.78, 5) is 13.4. The minimum atomic E-state index is -1.98. The summed E-state index contributed by atoms with van der Waals surface area (Å²) >= 11 is 0. The molecule has 0 aliphatic carbocycles. The molecule has 12 N–H and O–H groups in total. The quantitative estimate of drug-likeness (QED) is 0.0201. The number of unbranched alkanes of at least 4 members (excludes halogenated alkanes) is 32. The second-order valence-corrected chi connectivity index (χ2v) is 24.6. The highest BCUT2D eigenvalue weighted by molar-refractivity contribution is 5.76. The van der Waals surface area contributed by atoms with Gasteiger partial charge in [0.2, 0.25) is 5.91 Å². The van der Waals surface area contributed by atoms with Gasteiger partial charge in [0.25, 0.3) is 0 Å². The fourth-order valence-corrected chi connectivity index (χ4v) is 11.6. The van der Waals surface area contributed by atoms with E-state index in [0.29, 0.717) is 6.42 Å². The first kappa shape index (κ1) is 78.3. The zero-order valence-electron chi connectivity index (χ0n) is 53.0. The molecule has 0 spiro atoms. The number of allylic oxidation sites excluding steroid dienone is 5. The Balaban J connectivity index is 1.46. The third-order valence-corrected chi connectivity index (χ3v) is 17.2. The third-order valence-electron chi connectivity index (χ3n) is 17.2. The Bertz CT molecular complexity index is 1710. The molecular weight excluding hydrogens is 1110 g/mol. The van der Waals surface area contributed by atoms with Gasteiger partial charge in [0.05, 0.1) is 38.6 Å². The summed E-state index contributed by atoms with van der Waals surface area (Å²) in [6, 6.07) is -0.975. The Morgan fingerprint density at radius 3 is 1.19 bits per heavy atom. The summed E-state index contributed by atoms with van der Waals surface area (Å²) in [5.41, 5.74) is 0. The molecule has 504 valence electrons. The lowest BCUT2D eigenvalue weighted by Gasteiger charge is -2.48. The van der Waals surface area contributed by atoms with Crippen LogP contribution in [0.3, 0.4) is 0 Å². The van der Waals surface area contributed by atoms with Crippen molar-refractivity contribution in [3.8, 4) is 0 Å². The third kappa shape index (κ3) is 31.8. The van der Waals surface area contributed by atoms with Gasteiger partial charge in [-0.1, -0.05) is 230 Å². The van der Waals surface area contributed by atoms with Gasteiger partial charge in [-0.25, -0.2) is 0 Å². The van der Waals surface area contributed by atoms with E-state index < -0.39 is 124 Å². The van der Waals surface area contributed by atoms with Gasteiger partial charge in [-0.2, -0.15) is 0 Å². The van der Waals surface area contributed by atoms with E-state index in [1.807, 2.05) is 6.08 Å². The number of nitrogens with one attached hydrogen (secondary N) is 1. The van der Waals surface area contributed by atoms with Crippen LogP contribution in [-0.4, -0.2) is 193 Å². The van der Waals surface area contributed by atoms with Crippen LogP contribution < -0.4 is 5.32 Å². The molecule has 3 heterocycles. The van der Waals surface area contributed by atoms with Gasteiger partial charge in [-0.3, -0.25) is 4.79 Å². The molecule has 17 unspecified atom stereocenters. The average molecular weight is 1230 g/mol. The zero-order chi connectivity index (χ0) is 62.6. The van der Waals surface area contributed by atoms with Crippen molar-refractivity contribution in [1.29, 1.82) is 0 Å². The highest BCUT2D eigenvalue weighted by atomic mass is 16.8. The number of rotatable bonds is 52. The fourth-order valence-electron chi connectivity index (χ4n) is 11.6. The molecular formula is C67H123NO18. The molecule has 3 fully saturated rings. The van der Waals surface area contributed by atoms with Crippen LogP contribution in [0.5, 0.6) is 0 Å². The maximum absolute atomic E-state index is 13.4. The Hall–Kier alpha value is -1.99. The second-order valence-electron chi connectivity index (χ2n) is 24.6. The molecule has 19 heteroatoms. The Morgan fingerprint density at radius 1 is 0.419 bits per heavy atom. The molecule has 0 aromatic carbocycles. The van der Waals surface area contributed by atoms with Gasteiger partial charge in [0.15, 0.2) is 18.9 Å². The van der Waals surface area contributed by atoms with E-state index >= 15 is 0 Å². The normalized spacial score (nSPS) is 29.0. The lowest BCUT2D eigenvalue weighted by Crippen LogP contribution is -2.66. The van der Waals surface area contributed by atoms with Crippen molar-refractivity contribution in [1.82, 2.24) is 5.32 Å². The number of hydrogen-bond donors (Lipinski definition) is 12. The molecule has 0 aromatic rings. The predicted octanol–water partition coefficient (Wildman–Crippen LogP) is 8.44. The molecule has 0 aromatic heterocycles. The smallest absolute Gasteiger partial charge is 0.220 e. The van der Waals surface area contributed by atoms with Gasteiger partial charge in [0.1, 0.15) is 73.2 Å². The molecule has 0 radical (unpaired) electrons. The fraction of sp³-hybridized carbons (Fsp3) is 0.896. The van der Waals surface area contributed by atoms with Gasteiger partial charge in [0, 0.05) is 6.42 Å². The number of carbonyl (C=O) groups is 1. The summed E-state index contributed by atoms with van der Waals surface area (Å²) in [5, 5.41) is 120. The van der Waals surface area contributed by atoms with Crippen molar-refractivity contribution in [2.75, 3.05) is 26.4 Å². The minimum absolute atomic E-state index is 0.239. The summed E-state index contributed by atoms with van der Waals surface area (Å²) < 4.78 is 34.3. The van der Waals surface area contributed by atoms with Crippen LogP contribution in [0.4, 0.5) is 0 Å². The molecule has 17 atom stereocenters. The predicted molar refractivity (Wildman–Crippen MR) is 333 cm³/mol. The molecule has 0 bridgehead atoms. The molecule has 19 nitrogen and oxygen atoms in total. The topological polar surface area (TPSA) is 307 Å². The summed E-state index contributed by atoms with van der Waals surface area (Å²) in [5.74, 6) is -0.278. The average Bonchev–Trinajstić information content (AvgIpc) is 2.21. The van der Waals surface area contributed by atoms with Crippen molar-refractivity contribution < 1.29 is 89.4 Å². The van der Waals surface area contributed by atoms with Crippen molar-refractivity contribution in [2.45, 2.75) is 356 Å². The monoisotopic (exact) mass is 1230 g/mol. The van der Waals surface area contributed by atoms with Crippen molar-refractivity contribution in [2.24, 2.45) is 0 Å². The Morgan fingerprint density at radius 2 is 0.767 bits per heavy atom. The van der Waals surface area contributed by atoms with Crippen molar-refractivity contribution in [3.05, 3.63) is 36.5 Å². The van der Waals surface area contributed by atoms with Gasteiger partial charge in [-0.05, 0) is 51.4 Å². The molecule has 3 saturated heterocycles. The summed E-state index contributed by atoms with van der Waals surface area (Å²) in [6.45, 7) is 1.74. The lowest BCUT2D eigenvalue weighted by molar-refractivity contribution is -0.379. The van der Waals surface area contributed by atoms with Crippen LogP contribution in [0, 0.1) is 0 Å². The molecule has 3 rings (SSSR count).